The Labute approximate surface area is 101 Å². The van der Waals surface area contributed by atoms with Gasteiger partial charge in [-0.15, -0.1) is 0 Å². The number of nitrogens with zero attached hydrogens (tertiary/aromatic N) is 1. The average Bonchev–Trinajstić information content (AvgIpc) is 2.66. The van der Waals surface area contributed by atoms with E-state index >= 15 is 0 Å². The Kier molecular flexibility index (Phi) is 3.18. The van der Waals surface area contributed by atoms with E-state index in [1.54, 1.807) is 7.11 Å². The molecule has 0 amide bonds. The Morgan fingerprint density at radius 3 is 2.76 bits per heavy atom. The molecule has 90 valence electrons. The highest BCUT2D eigenvalue weighted by Gasteiger charge is 2.09. The van der Waals surface area contributed by atoms with Gasteiger partial charge in [0.25, 0.3) is 0 Å². The van der Waals surface area contributed by atoms with Gasteiger partial charge < -0.3 is 9.30 Å². The summed E-state index contributed by atoms with van der Waals surface area (Å²) in [6, 6.07) is 5.84. The number of benzene rings is 1. The van der Waals surface area contributed by atoms with Crippen LogP contribution in [0.25, 0.3) is 10.9 Å². The molecular formula is C14H17NO2. The molecule has 1 aromatic heterocycles. The predicted octanol–water partition coefficient (Wildman–Crippen LogP) is 3.12. The summed E-state index contributed by atoms with van der Waals surface area (Å²) in [5.74, 6) is 1.33. The van der Waals surface area contributed by atoms with Crippen LogP contribution in [0.4, 0.5) is 0 Å². The van der Waals surface area contributed by atoms with Gasteiger partial charge >= 0.3 is 0 Å². The normalized spacial score (nSPS) is 11.1. The first-order valence-electron chi connectivity index (χ1n) is 5.77. The van der Waals surface area contributed by atoms with Crippen molar-refractivity contribution in [1.82, 2.24) is 4.57 Å². The van der Waals surface area contributed by atoms with Gasteiger partial charge in [-0.3, -0.25) is 4.79 Å². The van der Waals surface area contributed by atoms with Crippen molar-refractivity contribution < 1.29 is 9.53 Å². The second-order valence-corrected chi connectivity index (χ2v) is 4.63. The van der Waals surface area contributed by atoms with Gasteiger partial charge in [-0.1, -0.05) is 13.8 Å². The minimum absolute atomic E-state index is 0.548. The molecule has 0 aliphatic carbocycles. The van der Waals surface area contributed by atoms with Crippen molar-refractivity contribution in [3.8, 4) is 5.75 Å². The molecule has 0 unspecified atom stereocenters. The highest BCUT2D eigenvalue weighted by molar-refractivity contribution is 5.98. The van der Waals surface area contributed by atoms with Crippen LogP contribution in [0.1, 0.15) is 24.2 Å². The molecule has 3 nitrogen and oxygen atoms in total. The zero-order valence-electron chi connectivity index (χ0n) is 10.4. The van der Waals surface area contributed by atoms with E-state index in [4.69, 9.17) is 4.74 Å². The lowest BCUT2D eigenvalue weighted by molar-refractivity contribution is 0.112. The van der Waals surface area contributed by atoms with Gasteiger partial charge in [0.05, 0.1) is 7.11 Å². The number of hydrogen-bond donors (Lipinski definition) is 0. The standard InChI is InChI=1S/C14H17NO2/c1-10(2)7-15-8-11(9-16)13-6-12(17-3)4-5-14(13)15/h4-6,8-10H,7H2,1-3H3. The first-order valence-corrected chi connectivity index (χ1v) is 5.77. The highest BCUT2D eigenvalue weighted by atomic mass is 16.5. The number of rotatable bonds is 4. The fourth-order valence-corrected chi connectivity index (χ4v) is 2.07. The lowest BCUT2D eigenvalue weighted by atomic mass is 10.2. The number of fused-ring (bicyclic) bond motifs is 1. The Balaban J connectivity index is 2.59. The van der Waals surface area contributed by atoms with Crippen LogP contribution in [-0.4, -0.2) is 18.0 Å². The minimum Gasteiger partial charge on any atom is -0.497 e. The number of carbonyl (C=O) groups is 1. The fraction of sp³-hybridized carbons (Fsp3) is 0.357. The van der Waals surface area contributed by atoms with Gasteiger partial charge in [0.2, 0.25) is 0 Å². The molecule has 0 fully saturated rings. The third kappa shape index (κ3) is 2.18. The van der Waals surface area contributed by atoms with Crippen molar-refractivity contribution in [3.05, 3.63) is 30.0 Å². The van der Waals surface area contributed by atoms with Crippen molar-refractivity contribution in [2.24, 2.45) is 5.92 Å². The van der Waals surface area contributed by atoms with E-state index in [0.717, 1.165) is 35.0 Å². The van der Waals surface area contributed by atoms with Gasteiger partial charge in [0.15, 0.2) is 6.29 Å². The number of methoxy groups -OCH3 is 1. The second-order valence-electron chi connectivity index (χ2n) is 4.63. The zero-order chi connectivity index (χ0) is 12.4. The number of ether oxygens (including phenoxy) is 1. The third-order valence-corrected chi connectivity index (χ3v) is 2.81. The van der Waals surface area contributed by atoms with Gasteiger partial charge in [0.1, 0.15) is 5.75 Å². The molecule has 1 heterocycles. The summed E-state index contributed by atoms with van der Waals surface area (Å²) < 4.78 is 7.32. The predicted molar refractivity (Wildman–Crippen MR) is 68.7 cm³/mol. The Bertz CT molecular complexity index is 540. The molecule has 0 aliphatic rings. The van der Waals surface area contributed by atoms with Gasteiger partial charge in [-0.25, -0.2) is 0 Å². The van der Waals surface area contributed by atoms with Crippen LogP contribution in [0, 0.1) is 5.92 Å². The maximum absolute atomic E-state index is 11.1. The molecule has 0 spiro atoms. The summed E-state index contributed by atoms with van der Waals surface area (Å²) in [6.07, 6.45) is 2.82. The lowest BCUT2D eigenvalue weighted by Crippen LogP contribution is -2.02. The van der Waals surface area contributed by atoms with Gasteiger partial charge in [-0.2, -0.15) is 0 Å². The molecule has 0 bridgehead atoms. The maximum Gasteiger partial charge on any atom is 0.152 e. The molecule has 1 aromatic carbocycles. The van der Waals surface area contributed by atoms with E-state index in [2.05, 4.69) is 18.4 Å². The van der Waals surface area contributed by atoms with Crippen molar-refractivity contribution in [3.63, 3.8) is 0 Å². The summed E-state index contributed by atoms with van der Waals surface area (Å²) in [5.41, 5.74) is 1.81. The van der Waals surface area contributed by atoms with Crippen LogP contribution in [0.3, 0.4) is 0 Å². The summed E-state index contributed by atoms with van der Waals surface area (Å²) in [4.78, 5) is 11.1. The van der Waals surface area contributed by atoms with Gasteiger partial charge in [-0.05, 0) is 24.1 Å². The van der Waals surface area contributed by atoms with E-state index in [1.165, 1.54) is 0 Å². The van der Waals surface area contributed by atoms with Gasteiger partial charge in [0, 0.05) is 29.2 Å². The summed E-state index contributed by atoms with van der Waals surface area (Å²) in [5, 5.41) is 0.958. The molecule has 2 rings (SSSR count). The first kappa shape index (κ1) is 11.7. The molecule has 3 heteroatoms. The van der Waals surface area contributed by atoms with Crippen LogP contribution < -0.4 is 4.74 Å². The molecule has 0 aliphatic heterocycles. The van der Waals surface area contributed by atoms with E-state index in [-0.39, 0.29) is 0 Å². The first-order chi connectivity index (χ1) is 8.15. The van der Waals surface area contributed by atoms with Crippen molar-refractivity contribution in [1.29, 1.82) is 0 Å². The molecule has 0 atom stereocenters. The highest BCUT2D eigenvalue weighted by Crippen LogP contribution is 2.25. The molecule has 0 N–H and O–H groups in total. The number of aromatic nitrogens is 1. The fourth-order valence-electron chi connectivity index (χ4n) is 2.07. The third-order valence-electron chi connectivity index (χ3n) is 2.81. The molecule has 0 radical (unpaired) electrons. The Morgan fingerprint density at radius 2 is 2.18 bits per heavy atom. The summed E-state index contributed by atoms with van der Waals surface area (Å²) >= 11 is 0. The van der Waals surface area contributed by atoms with E-state index in [9.17, 15) is 4.79 Å². The van der Waals surface area contributed by atoms with Crippen molar-refractivity contribution in [2.45, 2.75) is 20.4 Å². The molecule has 0 saturated carbocycles. The van der Waals surface area contributed by atoms with Crippen LogP contribution >= 0.6 is 0 Å². The van der Waals surface area contributed by atoms with Crippen LogP contribution in [0.15, 0.2) is 24.4 Å². The second kappa shape index (κ2) is 4.62. The van der Waals surface area contributed by atoms with Crippen LogP contribution in [0.2, 0.25) is 0 Å². The van der Waals surface area contributed by atoms with E-state index in [1.807, 2.05) is 24.4 Å². The summed E-state index contributed by atoms with van der Waals surface area (Å²) in [6.45, 7) is 5.24. The van der Waals surface area contributed by atoms with Crippen molar-refractivity contribution >= 4 is 17.2 Å². The van der Waals surface area contributed by atoms with E-state index in [0.29, 0.717) is 5.92 Å². The Hall–Kier alpha value is -1.77. The summed E-state index contributed by atoms with van der Waals surface area (Å²) in [7, 11) is 1.63. The number of aldehydes is 1. The topological polar surface area (TPSA) is 31.2 Å². The largest absolute Gasteiger partial charge is 0.497 e. The smallest absolute Gasteiger partial charge is 0.152 e. The molecular weight excluding hydrogens is 214 g/mol. The number of hydrogen-bond acceptors (Lipinski definition) is 2. The average molecular weight is 231 g/mol. The van der Waals surface area contributed by atoms with Crippen LogP contribution in [-0.2, 0) is 6.54 Å². The molecule has 2 aromatic rings. The zero-order valence-corrected chi connectivity index (χ0v) is 10.4. The lowest BCUT2D eigenvalue weighted by Gasteiger charge is -2.08. The number of carbonyl (C=O) groups excluding carboxylic acids is 1. The maximum atomic E-state index is 11.1. The quantitative estimate of drug-likeness (QED) is 0.757. The van der Waals surface area contributed by atoms with E-state index < -0.39 is 0 Å². The monoisotopic (exact) mass is 231 g/mol. The molecule has 17 heavy (non-hydrogen) atoms. The minimum atomic E-state index is 0.548. The SMILES string of the molecule is COc1ccc2c(c1)c(C=O)cn2CC(C)C. The van der Waals surface area contributed by atoms with Crippen LogP contribution in [0.5, 0.6) is 5.75 Å². The Morgan fingerprint density at radius 1 is 1.41 bits per heavy atom. The molecule has 0 saturated heterocycles. The van der Waals surface area contributed by atoms with Crippen molar-refractivity contribution in [2.75, 3.05) is 7.11 Å².